The minimum Gasteiger partial charge on any atom is -0.394 e. The van der Waals surface area contributed by atoms with Crippen LogP contribution in [0.3, 0.4) is 0 Å². The topological polar surface area (TPSA) is 41.5 Å². The average molecular weight is 235 g/mol. The van der Waals surface area contributed by atoms with Crippen molar-refractivity contribution in [2.45, 2.75) is 31.7 Å². The van der Waals surface area contributed by atoms with Gasteiger partial charge in [0, 0.05) is 18.4 Å². The molecular weight excluding hydrogens is 210 g/mol. The number of aliphatic hydroxyl groups excluding tert-OH is 1. The summed E-state index contributed by atoms with van der Waals surface area (Å²) in [5.74, 6) is 2.21. The van der Waals surface area contributed by atoms with E-state index < -0.39 is 0 Å². The predicted octanol–water partition coefficient (Wildman–Crippen LogP) is 1.51. The van der Waals surface area contributed by atoms with Gasteiger partial charge in [0.25, 0.3) is 0 Å². The molecule has 0 aromatic rings. The summed E-state index contributed by atoms with van der Waals surface area (Å²) in [5.41, 5.74) is -0.0676. The predicted molar refractivity (Wildman–Crippen MR) is 67.6 cm³/mol. The molecule has 0 aliphatic heterocycles. The van der Waals surface area contributed by atoms with E-state index in [4.69, 9.17) is 4.74 Å². The Bertz CT molecular complexity index is 132. The number of hydrogen-bond acceptors (Lipinski definition) is 4. The van der Waals surface area contributed by atoms with Crippen LogP contribution >= 0.6 is 11.8 Å². The Labute approximate surface area is 98.0 Å². The molecule has 0 fully saturated rings. The van der Waals surface area contributed by atoms with E-state index in [-0.39, 0.29) is 12.1 Å². The molecule has 1 atom stereocenters. The first kappa shape index (κ1) is 15.2. The van der Waals surface area contributed by atoms with Crippen LogP contribution in [0.25, 0.3) is 0 Å². The van der Waals surface area contributed by atoms with Gasteiger partial charge in [-0.2, -0.15) is 11.8 Å². The van der Waals surface area contributed by atoms with Crippen LogP contribution in [0.1, 0.15) is 26.2 Å². The second-order valence-electron chi connectivity index (χ2n) is 3.75. The first-order valence-electron chi connectivity index (χ1n) is 5.61. The van der Waals surface area contributed by atoms with Crippen LogP contribution in [0.2, 0.25) is 0 Å². The Morgan fingerprint density at radius 1 is 1.40 bits per heavy atom. The van der Waals surface area contributed by atoms with E-state index in [0.717, 1.165) is 37.4 Å². The largest absolute Gasteiger partial charge is 0.394 e. The number of thioether (sulfide) groups is 1. The molecule has 3 nitrogen and oxygen atoms in total. The van der Waals surface area contributed by atoms with Crippen LogP contribution in [0.15, 0.2) is 0 Å². The third-order valence-corrected chi connectivity index (χ3v) is 3.92. The Balaban J connectivity index is 3.54. The number of likely N-dealkylation sites (N-methyl/N-ethyl adjacent to an activating group) is 1. The Morgan fingerprint density at radius 2 is 2.13 bits per heavy atom. The highest BCUT2D eigenvalue weighted by atomic mass is 32.2. The molecule has 0 aliphatic rings. The summed E-state index contributed by atoms with van der Waals surface area (Å²) in [7, 11) is 3.66. The molecule has 0 saturated carbocycles. The number of rotatable bonds is 10. The summed E-state index contributed by atoms with van der Waals surface area (Å²) in [6.07, 6.45) is 3.16. The molecule has 1 unspecified atom stereocenters. The molecule has 0 rings (SSSR count). The van der Waals surface area contributed by atoms with Crippen molar-refractivity contribution >= 4 is 11.8 Å². The molecule has 4 heteroatoms. The highest BCUT2D eigenvalue weighted by molar-refractivity contribution is 7.99. The highest BCUT2D eigenvalue weighted by Gasteiger charge is 2.23. The van der Waals surface area contributed by atoms with Crippen molar-refractivity contribution in [1.82, 2.24) is 5.32 Å². The lowest BCUT2D eigenvalue weighted by Gasteiger charge is -2.30. The average Bonchev–Trinajstić information content (AvgIpc) is 2.29. The lowest BCUT2D eigenvalue weighted by atomic mass is 9.92. The van der Waals surface area contributed by atoms with Gasteiger partial charge in [-0.05, 0) is 32.1 Å². The Morgan fingerprint density at radius 3 is 2.60 bits per heavy atom. The lowest BCUT2D eigenvalue weighted by Crippen LogP contribution is -2.45. The number of ether oxygens (including phenoxy) is 1. The SMILES string of the molecule is CCC(CO)(CCCSCCOC)NC. The van der Waals surface area contributed by atoms with Gasteiger partial charge in [-0.3, -0.25) is 0 Å². The van der Waals surface area contributed by atoms with Gasteiger partial charge in [0.05, 0.1) is 13.2 Å². The quantitative estimate of drug-likeness (QED) is 0.563. The van der Waals surface area contributed by atoms with Crippen molar-refractivity contribution in [1.29, 1.82) is 0 Å². The van der Waals surface area contributed by atoms with Crippen molar-refractivity contribution in [3.63, 3.8) is 0 Å². The zero-order valence-corrected chi connectivity index (χ0v) is 11.0. The Hall–Kier alpha value is 0.230. The maximum Gasteiger partial charge on any atom is 0.0613 e. The second-order valence-corrected chi connectivity index (χ2v) is 4.98. The third-order valence-electron chi connectivity index (χ3n) is 2.89. The van der Waals surface area contributed by atoms with Gasteiger partial charge in [-0.15, -0.1) is 0 Å². The number of hydrogen-bond donors (Lipinski definition) is 2. The van der Waals surface area contributed by atoms with Crippen LogP contribution < -0.4 is 5.32 Å². The summed E-state index contributed by atoms with van der Waals surface area (Å²) in [4.78, 5) is 0. The molecule has 0 heterocycles. The zero-order chi connectivity index (χ0) is 11.6. The first-order valence-corrected chi connectivity index (χ1v) is 6.76. The maximum atomic E-state index is 9.33. The molecule has 0 aromatic heterocycles. The molecule has 0 saturated heterocycles. The second kappa shape index (κ2) is 9.46. The maximum absolute atomic E-state index is 9.33. The van der Waals surface area contributed by atoms with Crippen molar-refractivity contribution in [3.05, 3.63) is 0 Å². The smallest absolute Gasteiger partial charge is 0.0613 e. The van der Waals surface area contributed by atoms with Crippen LogP contribution in [0, 0.1) is 0 Å². The van der Waals surface area contributed by atoms with Gasteiger partial charge < -0.3 is 15.2 Å². The van der Waals surface area contributed by atoms with Gasteiger partial charge >= 0.3 is 0 Å². The fourth-order valence-corrected chi connectivity index (χ4v) is 2.34. The van der Waals surface area contributed by atoms with Crippen LogP contribution in [-0.4, -0.2) is 49.5 Å². The molecule has 0 amide bonds. The standard InChI is InChI=1S/C11H25NO2S/c1-4-11(10-13,12-2)6-5-8-15-9-7-14-3/h12-13H,4-10H2,1-3H3. The van der Waals surface area contributed by atoms with E-state index in [1.54, 1.807) is 7.11 Å². The summed E-state index contributed by atoms with van der Waals surface area (Å²) in [6.45, 7) is 3.17. The van der Waals surface area contributed by atoms with E-state index >= 15 is 0 Å². The van der Waals surface area contributed by atoms with Crippen molar-refractivity contribution in [2.75, 3.05) is 38.9 Å². The van der Waals surface area contributed by atoms with Gasteiger partial charge in [0.1, 0.15) is 0 Å². The third kappa shape index (κ3) is 6.40. The van der Waals surface area contributed by atoms with Crippen molar-refractivity contribution in [2.24, 2.45) is 0 Å². The molecule has 0 aromatic carbocycles. The molecule has 0 radical (unpaired) electrons. The zero-order valence-electron chi connectivity index (χ0n) is 10.2. The molecule has 0 aliphatic carbocycles. The van der Waals surface area contributed by atoms with E-state index in [2.05, 4.69) is 12.2 Å². The van der Waals surface area contributed by atoms with E-state index in [0.29, 0.717) is 0 Å². The summed E-state index contributed by atoms with van der Waals surface area (Å²) in [5, 5.41) is 12.6. The van der Waals surface area contributed by atoms with Gasteiger partial charge in [-0.1, -0.05) is 6.92 Å². The van der Waals surface area contributed by atoms with Gasteiger partial charge in [0.15, 0.2) is 0 Å². The minimum atomic E-state index is -0.0676. The molecule has 2 N–H and O–H groups in total. The number of nitrogens with one attached hydrogen (secondary N) is 1. The van der Waals surface area contributed by atoms with Crippen LogP contribution in [0.5, 0.6) is 0 Å². The monoisotopic (exact) mass is 235 g/mol. The van der Waals surface area contributed by atoms with E-state index in [1.807, 2.05) is 18.8 Å². The minimum absolute atomic E-state index is 0.0676. The Kier molecular flexibility index (Phi) is 9.60. The first-order chi connectivity index (χ1) is 7.24. The van der Waals surface area contributed by atoms with E-state index in [9.17, 15) is 5.11 Å². The molecule has 0 spiro atoms. The van der Waals surface area contributed by atoms with Gasteiger partial charge in [-0.25, -0.2) is 0 Å². The number of aliphatic hydroxyl groups is 1. The van der Waals surface area contributed by atoms with Crippen LogP contribution in [0.4, 0.5) is 0 Å². The molecule has 15 heavy (non-hydrogen) atoms. The fraction of sp³-hybridized carbons (Fsp3) is 1.00. The van der Waals surface area contributed by atoms with Crippen molar-refractivity contribution < 1.29 is 9.84 Å². The molecule has 92 valence electrons. The lowest BCUT2D eigenvalue weighted by molar-refractivity contribution is 0.154. The van der Waals surface area contributed by atoms with Crippen molar-refractivity contribution in [3.8, 4) is 0 Å². The van der Waals surface area contributed by atoms with E-state index in [1.165, 1.54) is 0 Å². The summed E-state index contributed by atoms with van der Waals surface area (Å²) >= 11 is 1.92. The van der Waals surface area contributed by atoms with Gasteiger partial charge in [0.2, 0.25) is 0 Å². The van der Waals surface area contributed by atoms with Crippen LogP contribution in [-0.2, 0) is 4.74 Å². The highest BCUT2D eigenvalue weighted by Crippen LogP contribution is 2.18. The number of methoxy groups -OCH3 is 1. The normalized spacial score (nSPS) is 15.2. The summed E-state index contributed by atoms with van der Waals surface area (Å²) < 4.78 is 4.98. The molecule has 0 bridgehead atoms. The fourth-order valence-electron chi connectivity index (χ4n) is 1.51. The molecular formula is C11H25NO2S. The summed E-state index contributed by atoms with van der Waals surface area (Å²) in [6, 6.07) is 0.